The summed E-state index contributed by atoms with van der Waals surface area (Å²) in [5, 5.41) is 0. The second-order valence-corrected chi connectivity index (χ2v) is 3.99. The van der Waals surface area contributed by atoms with Crippen molar-refractivity contribution >= 4 is 11.8 Å². The van der Waals surface area contributed by atoms with Crippen molar-refractivity contribution in [2.45, 2.75) is 32.6 Å². The number of allylic oxidation sites excluding steroid dienone is 1. The third-order valence-electron chi connectivity index (χ3n) is 2.20. The van der Waals surface area contributed by atoms with Crippen LogP contribution in [0.5, 0.6) is 0 Å². The topological polar surface area (TPSA) is 69.4 Å². The molecule has 0 radical (unpaired) electrons. The molecule has 0 amide bonds. The van der Waals surface area contributed by atoms with E-state index < -0.39 is 5.97 Å². The molecule has 1 aliphatic rings. The van der Waals surface area contributed by atoms with E-state index >= 15 is 0 Å². The number of ketones is 1. The standard InChI is InChI=1S/C11H17NO3/c1-8(13)6-11(14)15-5-4-10(12)7-9-2-3-9/h4,9H,2-3,5-7,12H2,1H3. The third kappa shape index (κ3) is 5.88. The van der Waals surface area contributed by atoms with Crippen LogP contribution in [0, 0.1) is 5.92 Å². The molecule has 0 aliphatic heterocycles. The Hall–Kier alpha value is -1.32. The second kappa shape index (κ2) is 5.53. The largest absolute Gasteiger partial charge is 0.461 e. The number of hydrogen-bond acceptors (Lipinski definition) is 4. The maximum Gasteiger partial charge on any atom is 0.313 e. The molecule has 1 aliphatic carbocycles. The summed E-state index contributed by atoms with van der Waals surface area (Å²) in [6.07, 6.45) is 4.94. The normalized spacial score (nSPS) is 16.2. The highest BCUT2D eigenvalue weighted by molar-refractivity contribution is 5.94. The lowest BCUT2D eigenvalue weighted by Gasteiger charge is -2.01. The van der Waals surface area contributed by atoms with E-state index in [2.05, 4.69) is 0 Å². The highest BCUT2D eigenvalue weighted by atomic mass is 16.5. The Balaban J connectivity index is 2.12. The fourth-order valence-electron chi connectivity index (χ4n) is 1.23. The summed E-state index contributed by atoms with van der Waals surface area (Å²) in [6, 6.07) is 0. The minimum Gasteiger partial charge on any atom is -0.461 e. The Morgan fingerprint density at radius 1 is 1.47 bits per heavy atom. The van der Waals surface area contributed by atoms with Gasteiger partial charge in [0.1, 0.15) is 18.8 Å². The Labute approximate surface area is 89.5 Å². The zero-order valence-electron chi connectivity index (χ0n) is 8.99. The van der Waals surface area contributed by atoms with E-state index in [4.69, 9.17) is 10.5 Å². The number of rotatable bonds is 6. The first kappa shape index (κ1) is 11.8. The summed E-state index contributed by atoms with van der Waals surface area (Å²) in [4.78, 5) is 21.5. The molecule has 0 aromatic heterocycles. The van der Waals surface area contributed by atoms with Crippen molar-refractivity contribution in [3.63, 3.8) is 0 Å². The van der Waals surface area contributed by atoms with Gasteiger partial charge in [-0.3, -0.25) is 9.59 Å². The van der Waals surface area contributed by atoms with Gasteiger partial charge in [0.15, 0.2) is 0 Å². The van der Waals surface area contributed by atoms with Crippen molar-refractivity contribution < 1.29 is 14.3 Å². The summed E-state index contributed by atoms with van der Waals surface area (Å²) < 4.78 is 4.81. The predicted octanol–water partition coefficient (Wildman–Crippen LogP) is 1.15. The van der Waals surface area contributed by atoms with Crippen LogP contribution in [0.3, 0.4) is 0 Å². The van der Waals surface area contributed by atoms with Crippen molar-refractivity contribution in [1.29, 1.82) is 0 Å². The fourth-order valence-corrected chi connectivity index (χ4v) is 1.23. The highest BCUT2D eigenvalue weighted by Crippen LogP contribution is 2.33. The smallest absolute Gasteiger partial charge is 0.313 e. The molecule has 0 bridgehead atoms. The number of esters is 1. The van der Waals surface area contributed by atoms with Crippen molar-refractivity contribution in [3.8, 4) is 0 Å². The first-order chi connectivity index (χ1) is 7.08. The lowest BCUT2D eigenvalue weighted by Crippen LogP contribution is -2.10. The van der Waals surface area contributed by atoms with Crippen molar-refractivity contribution in [1.82, 2.24) is 0 Å². The van der Waals surface area contributed by atoms with Crippen LogP contribution < -0.4 is 5.73 Å². The summed E-state index contributed by atoms with van der Waals surface area (Å²) in [5.41, 5.74) is 6.48. The van der Waals surface area contributed by atoms with E-state index in [1.807, 2.05) is 0 Å². The molecule has 1 rings (SSSR count). The molecule has 0 aromatic carbocycles. The molecule has 0 aromatic rings. The number of Topliss-reactive ketones (excluding diaryl/α,β-unsaturated/α-hetero) is 1. The van der Waals surface area contributed by atoms with Gasteiger partial charge in [0.25, 0.3) is 0 Å². The zero-order chi connectivity index (χ0) is 11.3. The van der Waals surface area contributed by atoms with E-state index in [1.54, 1.807) is 6.08 Å². The van der Waals surface area contributed by atoms with Crippen LogP contribution in [0.25, 0.3) is 0 Å². The monoisotopic (exact) mass is 211 g/mol. The van der Waals surface area contributed by atoms with E-state index in [9.17, 15) is 9.59 Å². The van der Waals surface area contributed by atoms with Gasteiger partial charge in [-0.05, 0) is 38.2 Å². The quantitative estimate of drug-likeness (QED) is 0.528. The number of carbonyl (C=O) groups excluding carboxylic acids is 2. The number of nitrogens with two attached hydrogens (primary N) is 1. The Bertz CT molecular complexity index is 280. The van der Waals surface area contributed by atoms with Gasteiger partial charge in [-0.2, -0.15) is 0 Å². The third-order valence-corrected chi connectivity index (χ3v) is 2.20. The Morgan fingerprint density at radius 2 is 2.13 bits per heavy atom. The summed E-state index contributed by atoms with van der Waals surface area (Å²) in [6.45, 7) is 1.53. The summed E-state index contributed by atoms with van der Waals surface area (Å²) in [5.74, 6) is 0.0575. The average molecular weight is 211 g/mol. The predicted molar refractivity (Wildman–Crippen MR) is 55.9 cm³/mol. The van der Waals surface area contributed by atoms with Crippen LogP contribution in [-0.4, -0.2) is 18.4 Å². The van der Waals surface area contributed by atoms with Gasteiger partial charge < -0.3 is 10.5 Å². The van der Waals surface area contributed by atoms with Gasteiger partial charge in [0.2, 0.25) is 0 Å². The molecule has 84 valence electrons. The molecular weight excluding hydrogens is 194 g/mol. The molecular formula is C11H17NO3. The second-order valence-electron chi connectivity index (χ2n) is 3.99. The van der Waals surface area contributed by atoms with E-state index in [0.29, 0.717) is 0 Å². The SMILES string of the molecule is CC(=O)CC(=O)OCC=C(N)CC1CC1. The molecule has 0 spiro atoms. The van der Waals surface area contributed by atoms with E-state index in [0.717, 1.165) is 18.0 Å². The molecule has 0 saturated heterocycles. The minimum absolute atomic E-state index is 0.156. The Kier molecular flexibility index (Phi) is 4.34. The maximum atomic E-state index is 11.0. The number of ether oxygens (including phenoxy) is 1. The zero-order valence-corrected chi connectivity index (χ0v) is 8.99. The molecule has 0 unspecified atom stereocenters. The van der Waals surface area contributed by atoms with Crippen LogP contribution >= 0.6 is 0 Å². The van der Waals surface area contributed by atoms with Gasteiger partial charge >= 0.3 is 5.97 Å². The van der Waals surface area contributed by atoms with Crippen LogP contribution in [-0.2, 0) is 14.3 Å². The molecule has 15 heavy (non-hydrogen) atoms. The molecule has 4 nitrogen and oxygen atoms in total. The van der Waals surface area contributed by atoms with E-state index in [-0.39, 0.29) is 18.8 Å². The molecule has 1 fully saturated rings. The first-order valence-electron chi connectivity index (χ1n) is 5.17. The molecule has 0 atom stereocenters. The van der Waals surface area contributed by atoms with Gasteiger partial charge in [-0.15, -0.1) is 0 Å². The lowest BCUT2D eigenvalue weighted by atomic mass is 10.2. The Morgan fingerprint density at radius 3 is 2.67 bits per heavy atom. The number of carbonyl (C=O) groups is 2. The van der Waals surface area contributed by atoms with Crippen LogP contribution in [0.2, 0.25) is 0 Å². The highest BCUT2D eigenvalue weighted by Gasteiger charge is 2.21. The lowest BCUT2D eigenvalue weighted by molar-refractivity contribution is -0.144. The molecule has 0 heterocycles. The van der Waals surface area contributed by atoms with Gasteiger partial charge in [0.05, 0.1) is 0 Å². The van der Waals surface area contributed by atoms with Crippen molar-refractivity contribution in [3.05, 3.63) is 11.8 Å². The van der Waals surface area contributed by atoms with Gasteiger partial charge in [0, 0.05) is 5.70 Å². The number of hydrogen-bond donors (Lipinski definition) is 1. The molecule has 1 saturated carbocycles. The van der Waals surface area contributed by atoms with Crippen LogP contribution in [0.4, 0.5) is 0 Å². The van der Waals surface area contributed by atoms with Crippen LogP contribution in [0.15, 0.2) is 11.8 Å². The van der Waals surface area contributed by atoms with Crippen molar-refractivity contribution in [2.24, 2.45) is 11.7 Å². The maximum absolute atomic E-state index is 11.0. The minimum atomic E-state index is -0.488. The fraction of sp³-hybridized carbons (Fsp3) is 0.636. The van der Waals surface area contributed by atoms with Gasteiger partial charge in [-0.1, -0.05) is 0 Å². The van der Waals surface area contributed by atoms with E-state index in [1.165, 1.54) is 19.8 Å². The summed E-state index contributed by atoms with van der Waals surface area (Å²) in [7, 11) is 0. The molecule has 2 N–H and O–H groups in total. The van der Waals surface area contributed by atoms with Crippen molar-refractivity contribution in [2.75, 3.05) is 6.61 Å². The van der Waals surface area contributed by atoms with Gasteiger partial charge in [-0.25, -0.2) is 0 Å². The average Bonchev–Trinajstić information content (AvgIpc) is 2.86. The molecule has 4 heteroatoms. The first-order valence-corrected chi connectivity index (χ1v) is 5.17. The summed E-state index contributed by atoms with van der Waals surface area (Å²) >= 11 is 0. The van der Waals surface area contributed by atoms with Crippen LogP contribution in [0.1, 0.15) is 32.6 Å².